The lowest BCUT2D eigenvalue weighted by molar-refractivity contribution is 0.767. The average Bonchev–Trinajstić information content (AvgIpc) is 3.35. The zero-order valence-electron chi connectivity index (χ0n) is 24.6. The Kier molecular flexibility index (Phi) is 7.64. The van der Waals surface area contributed by atoms with E-state index in [-0.39, 0.29) is 0 Å². The van der Waals surface area contributed by atoms with Crippen molar-refractivity contribution in [3.63, 3.8) is 0 Å². The molecule has 0 amide bonds. The third-order valence-electron chi connectivity index (χ3n) is 8.37. The maximum Gasteiger partial charge on any atom is 0.0714 e. The average molecular weight is 554 g/mol. The number of hydrogen-bond donors (Lipinski definition) is 1. The van der Waals surface area contributed by atoms with Gasteiger partial charge in [-0.05, 0) is 86.8 Å². The third-order valence-corrected chi connectivity index (χ3v) is 8.37. The van der Waals surface area contributed by atoms with Crippen molar-refractivity contribution >= 4 is 23.5 Å². The van der Waals surface area contributed by atoms with Crippen molar-refractivity contribution < 1.29 is 0 Å². The first-order valence-corrected chi connectivity index (χ1v) is 14.7. The van der Waals surface area contributed by atoms with Crippen LogP contribution in [-0.4, -0.2) is 0 Å². The largest absolute Gasteiger partial charge is 0.356 e. The van der Waals surface area contributed by atoms with Gasteiger partial charge < -0.3 is 5.32 Å². The summed E-state index contributed by atoms with van der Waals surface area (Å²) in [6, 6.07) is 41.0. The number of benzene rings is 5. The minimum absolute atomic E-state index is 0.577. The molecule has 1 unspecified atom stereocenters. The summed E-state index contributed by atoms with van der Waals surface area (Å²) in [7, 11) is 0. The van der Waals surface area contributed by atoms with Crippen molar-refractivity contribution in [2.24, 2.45) is 0 Å². The van der Waals surface area contributed by atoms with Crippen LogP contribution in [0.3, 0.4) is 0 Å². The highest BCUT2D eigenvalue weighted by atomic mass is 14.9. The standard InChI is InChI=1S/C42H35N/c1-5-15-33(8-4)42(34-19-13-10-14-20-34)39-28-23-30(7-3)37(16-6-2)41(39)38-27-26-36(29-40(38)42)43-35-24-21-32(22-25-35)31-17-11-9-12-18-31/h5-29,43H,1,3-4H2,2H3/b16-6-,33-15+. The molecule has 0 fully saturated rings. The van der Waals surface area contributed by atoms with Crippen LogP contribution in [0.1, 0.15) is 34.7 Å². The zero-order chi connectivity index (χ0) is 29.8. The van der Waals surface area contributed by atoms with E-state index in [9.17, 15) is 0 Å². The second kappa shape index (κ2) is 11.8. The highest BCUT2D eigenvalue weighted by Crippen LogP contribution is 2.58. The molecule has 43 heavy (non-hydrogen) atoms. The van der Waals surface area contributed by atoms with E-state index in [4.69, 9.17) is 0 Å². The summed E-state index contributed by atoms with van der Waals surface area (Å²) in [6.45, 7) is 14.6. The van der Waals surface area contributed by atoms with Gasteiger partial charge in [-0.25, -0.2) is 0 Å². The molecule has 6 rings (SSSR count). The van der Waals surface area contributed by atoms with Gasteiger partial charge in [0, 0.05) is 11.4 Å². The molecular formula is C42H35N. The predicted molar refractivity (Wildman–Crippen MR) is 187 cm³/mol. The second-order valence-electron chi connectivity index (χ2n) is 10.7. The molecule has 0 aromatic heterocycles. The van der Waals surface area contributed by atoms with E-state index in [0.717, 1.165) is 22.5 Å². The van der Waals surface area contributed by atoms with Gasteiger partial charge in [-0.1, -0.05) is 147 Å². The molecule has 208 valence electrons. The normalized spacial score (nSPS) is 15.5. The molecule has 0 aliphatic heterocycles. The summed E-state index contributed by atoms with van der Waals surface area (Å²) in [5.74, 6) is 0. The van der Waals surface area contributed by atoms with E-state index in [1.807, 2.05) is 24.3 Å². The number of rotatable bonds is 9. The van der Waals surface area contributed by atoms with E-state index in [2.05, 4.69) is 159 Å². The maximum atomic E-state index is 4.29. The molecule has 0 saturated carbocycles. The Labute approximate surface area is 255 Å². The van der Waals surface area contributed by atoms with E-state index < -0.39 is 5.41 Å². The van der Waals surface area contributed by atoms with Gasteiger partial charge in [0.2, 0.25) is 0 Å². The van der Waals surface area contributed by atoms with Crippen LogP contribution in [0.5, 0.6) is 0 Å². The molecule has 1 N–H and O–H groups in total. The van der Waals surface area contributed by atoms with Crippen molar-refractivity contribution in [3.05, 3.63) is 193 Å². The van der Waals surface area contributed by atoms with Crippen LogP contribution in [0.25, 0.3) is 34.4 Å². The first kappa shape index (κ1) is 27.8. The van der Waals surface area contributed by atoms with Gasteiger partial charge in [-0.2, -0.15) is 0 Å². The summed E-state index contributed by atoms with van der Waals surface area (Å²) in [5, 5.41) is 3.68. The van der Waals surface area contributed by atoms with Crippen LogP contribution in [0.15, 0.2) is 165 Å². The van der Waals surface area contributed by atoms with Crippen LogP contribution >= 0.6 is 0 Å². The van der Waals surface area contributed by atoms with E-state index >= 15 is 0 Å². The Hall–Kier alpha value is -5.40. The molecule has 0 radical (unpaired) electrons. The maximum absolute atomic E-state index is 4.29. The Morgan fingerprint density at radius 1 is 0.698 bits per heavy atom. The Bertz CT molecular complexity index is 1870. The van der Waals surface area contributed by atoms with Gasteiger partial charge in [0.25, 0.3) is 0 Å². The van der Waals surface area contributed by atoms with Crippen molar-refractivity contribution in [2.45, 2.75) is 12.3 Å². The molecule has 1 aliphatic rings. The van der Waals surface area contributed by atoms with E-state index in [0.29, 0.717) is 0 Å². The van der Waals surface area contributed by atoms with Crippen LogP contribution in [0.2, 0.25) is 0 Å². The van der Waals surface area contributed by atoms with Crippen LogP contribution in [0, 0.1) is 0 Å². The SMILES string of the molecule is C=C/C=C(\C=C)C1(c2ccccc2)c2cc(Nc3ccc(-c4ccccc4)cc3)ccc2-c2c1ccc(C=C)c2/C=C\C. The van der Waals surface area contributed by atoms with Crippen LogP contribution < -0.4 is 5.32 Å². The van der Waals surface area contributed by atoms with Gasteiger partial charge in [-0.3, -0.25) is 0 Å². The molecule has 1 aliphatic carbocycles. The summed E-state index contributed by atoms with van der Waals surface area (Å²) in [4.78, 5) is 0. The molecule has 1 atom stereocenters. The topological polar surface area (TPSA) is 12.0 Å². The summed E-state index contributed by atoms with van der Waals surface area (Å²) < 4.78 is 0. The summed E-state index contributed by atoms with van der Waals surface area (Å²) in [6.07, 6.45) is 12.2. The highest BCUT2D eigenvalue weighted by molar-refractivity contribution is 5.94. The number of allylic oxidation sites excluding steroid dienone is 5. The number of fused-ring (bicyclic) bond motifs is 3. The van der Waals surface area contributed by atoms with Gasteiger partial charge in [0.05, 0.1) is 5.41 Å². The van der Waals surface area contributed by atoms with Crippen LogP contribution in [-0.2, 0) is 5.41 Å². The molecule has 0 spiro atoms. The van der Waals surface area contributed by atoms with Crippen molar-refractivity contribution in [3.8, 4) is 22.3 Å². The van der Waals surface area contributed by atoms with Crippen LogP contribution in [0.4, 0.5) is 11.4 Å². The Morgan fingerprint density at radius 3 is 2.02 bits per heavy atom. The predicted octanol–water partition coefficient (Wildman–Crippen LogP) is 11.4. The molecule has 5 aromatic rings. The Balaban J connectivity index is 1.58. The Morgan fingerprint density at radius 2 is 1.37 bits per heavy atom. The zero-order valence-corrected chi connectivity index (χ0v) is 24.6. The number of hydrogen-bond acceptors (Lipinski definition) is 1. The number of anilines is 2. The van der Waals surface area contributed by atoms with Gasteiger partial charge >= 0.3 is 0 Å². The van der Waals surface area contributed by atoms with Crippen molar-refractivity contribution in [1.82, 2.24) is 0 Å². The molecule has 1 nitrogen and oxygen atoms in total. The molecule has 5 aromatic carbocycles. The quantitative estimate of drug-likeness (QED) is 0.179. The van der Waals surface area contributed by atoms with Gasteiger partial charge in [-0.15, -0.1) is 0 Å². The lowest BCUT2D eigenvalue weighted by atomic mass is 9.66. The summed E-state index contributed by atoms with van der Waals surface area (Å²) in [5.41, 5.74) is 13.3. The molecular weight excluding hydrogens is 518 g/mol. The fraction of sp³-hybridized carbons (Fsp3) is 0.0476. The third kappa shape index (κ3) is 4.70. The first-order chi connectivity index (χ1) is 21.1. The number of nitrogens with one attached hydrogen (secondary N) is 1. The van der Waals surface area contributed by atoms with Crippen molar-refractivity contribution in [2.75, 3.05) is 5.32 Å². The minimum atomic E-state index is -0.577. The molecule has 1 heteroatoms. The molecule has 0 bridgehead atoms. The molecule has 0 heterocycles. The smallest absolute Gasteiger partial charge is 0.0714 e. The van der Waals surface area contributed by atoms with E-state index in [1.165, 1.54) is 44.5 Å². The first-order valence-electron chi connectivity index (χ1n) is 14.7. The van der Waals surface area contributed by atoms with Gasteiger partial charge in [0.15, 0.2) is 0 Å². The fourth-order valence-electron chi connectivity index (χ4n) is 6.55. The second-order valence-corrected chi connectivity index (χ2v) is 10.7. The molecule has 0 saturated heterocycles. The van der Waals surface area contributed by atoms with E-state index in [1.54, 1.807) is 0 Å². The lowest BCUT2D eigenvalue weighted by Gasteiger charge is -2.35. The minimum Gasteiger partial charge on any atom is -0.356 e. The fourth-order valence-corrected chi connectivity index (χ4v) is 6.55. The van der Waals surface area contributed by atoms with Crippen molar-refractivity contribution in [1.29, 1.82) is 0 Å². The summed E-state index contributed by atoms with van der Waals surface area (Å²) >= 11 is 0. The monoisotopic (exact) mass is 553 g/mol. The van der Waals surface area contributed by atoms with Gasteiger partial charge in [0.1, 0.15) is 0 Å². The highest BCUT2D eigenvalue weighted by Gasteiger charge is 2.47. The lowest BCUT2D eigenvalue weighted by Crippen LogP contribution is -2.29.